The number of rotatable bonds is 6. The predicted octanol–water partition coefficient (Wildman–Crippen LogP) is 4.96. The second-order valence-corrected chi connectivity index (χ2v) is 6.67. The fraction of sp³-hybridized carbons (Fsp3) is 0.250. The summed E-state index contributed by atoms with van der Waals surface area (Å²) in [5, 5.41) is 20.8. The average molecular weight is 477 g/mol. The van der Waals surface area contributed by atoms with Crippen LogP contribution in [0.1, 0.15) is 5.56 Å². The number of nitrogens with one attached hydrogen (secondary N) is 1. The normalized spacial score (nSPS) is 12.8. The van der Waals surface area contributed by atoms with E-state index in [0.717, 1.165) is 0 Å². The van der Waals surface area contributed by atoms with Crippen molar-refractivity contribution in [3.63, 3.8) is 0 Å². The quantitative estimate of drug-likeness (QED) is 0.516. The predicted molar refractivity (Wildman–Crippen MR) is 92.2 cm³/mol. The highest BCUT2D eigenvalue weighted by atomic mass is 79.9. The highest BCUT2D eigenvalue weighted by Gasteiger charge is 2.33. The highest BCUT2D eigenvalue weighted by Crippen LogP contribution is 2.42. The molecule has 0 aromatic heterocycles. The monoisotopic (exact) mass is 475 g/mol. The van der Waals surface area contributed by atoms with Crippen LogP contribution in [0.25, 0.3) is 0 Å². The van der Waals surface area contributed by atoms with E-state index in [-0.39, 0.29) is 35.1 Å². The Bertz CT molecular complexity index is 811. The van der Waals surface area contributed by atoms with Crippen LogP contribution < -0.4 is 10.1 Å². The topological polar surface area (TPSA) is 61.7 Å². The van der Waals surface area contributed by atoms with Crippen LogP contribution in [0.2, 0.25) is 5.02 Å². The highest BCUT2D eigenvalue weighted by molar-refractivity contribution is 9.10. The van der Waals surface area contributed by atoms with Crippen molar-refractivity contribution in [2.24, 2.45) is 0 Å². The molecule has 11 heteroatoms. The van der Waals surface area contributed by atoms with E-state index in [1.807, 2.05) is 0 Å². The van der Waals surface area contributed by atoms with Crippen LogP contribution >= 0.6 is 27.5 Å². The first-order valence-corrected chi connectivity index (χ1v) is 8.46. The Balaban J connectivity index is 2.42. The van der Waals surface area contributed by atoms with E-state index in [4.69, 9.17) is 21.4 Å². The minimum Gasteiger partial charge on any atom is -0.447 e. The van der Waals surface area contributed by atoms with Gasteiger partial charge < -0.3 is 20.3 Å². The number of aliphatic hydroxyl groups is 2. The third-order valence-electron chi connectivity index (χ3n) is 3.28. The van der Waals surface area contributed by atoms with E-state index >= 15 is 0 Å². The molecule has 0 aliphatic heterocycles. The lowest BCUT2D eigenvalue weighted by Gasteiger charge is -2.18. The van der Waals surface area contributed by atoms with Gasteiger partial charge in [0, 0.05) is 11.0 Å². The van der Waals surface area contributed by atoms with Gasteiger partial charge in [-0.2, -0.15) is 13.2 Å². The molecule has 0 amide bonds. The molecule has 0 radical (unpaired) electrons. The molecule has 27 heavy (non-hydrogen) atoms. The van der Waals surface area contributed by atoms with Crippen molar-refractivity contribution in [1.82, 2.24) is 0 Å². The van der Waals surface area contributed by atoms with Crippen molar-refractivity contribution in [2.75, 3.05) is 18.5 Å². The Morgan fingerprint density at radius 1 is 1.11 bits per heavy atom. The van der Waals surface area contributed by atoms with E-state index in [9.17, 15) is 27.1 Å². The molecule has 2 aromatic carbocycles. The maximum Gasteiger partial charge on any atom is 0.416 e. The lowest BCUT2D eigenvalue weighted by molar-refractivity contribution is -0.138. The maximum atomic E-state index is 14.0. The van der Waals surface area contributed by atoms with Gasteiger partial charge in [0.25, 0.3) is 0 Å². The van der Waals surface area contributed by atoms with Gasteiger partial charge in [-0.25, -0.2) is 8.78 Å². The molecule has 2 aromatic rings. The number of benzene rings is 2. The summed E-state index contributed by atoms with van der Waals surface area (Å²) < 4.78 is 71.5. The standard InChI is InChI=1S/C16H12BrClF5NO3/c17-8-3-10(18)14(13(4-8)24-5-9(26)6-25)27-15-11(19)1-7(2-12(15)20)16(21,22)23/h1-4,9,24-26H,5-6H2. The van der Waals surface area contributed by atoms with Crippen LogP contribution in [-0.4, -0.2) is 29.5 Å². The van der Waals surface area contributed by atoms with Gasteiger partial charge in [-0.3, -0.25) is 0 Å². The van der Waals surface area contributed by atoms with Gasteiger partial charge in [0.15, 0.2) is 23.1 Å². The van der Waals surface area contributed by atoms with Crippen LogP contribution in [0.15, 0.2) is 28.7 Å². The Morgan fingerprint density at radius 2 is 1.70 bits per heavy atom. The van der Waals surface area contributed by atoms with Crippen molar-refractivity contribution in [3.8, 4) is 11.5 Å². The first kappa shape index (κ1) is 21.7. The molecule has 148 valence electrons. The van der Waals surface area contributed by atoms with Crippen LogP contribution in [0.5, 0.6) is 11.5 Å². The number of aliphatic hydroxyl groups excluding tert-OH is 2. The second-order valence-electron chi connectivity index (χ2n) is 5.35. The molecule has 2 rings (SSSR count). The van der Waals surface area contributed by atoms with Crippen molar-refractivity contribution < 1.29 is 36.9 Å². The van der Waals surface area contributed by atoms with Gasteiger partial charge in [-0.15, -0.1) is 0 Å². The summed E-state index contributed by atoms with van der Waals surface area (Å²) in [4.78, 5) is 0. The summed E-state index contributed by atoms with van der Waals surface area (Å²) in [6.07, 6.45) is -6.07. The van der Waals surface area contributed by atoms with E-state index in [1.165, 1.54) is 12.1 Å². The minimum absolute atomic E-state index is 0.0839. The molecule has 0 aliphatic carbocycles. The zero-order chi connectivity index (χ0) is 20.4. The molecule has 4 nitrogen and oxygen atoms in total. The van der Waals surface area contributed by atoms with Gasteiger partial charge in [-0.1, -0.05) is 27.5 Å². The summed E-state index contributed by atoms with van der Waals surface area (Å²) in [5.74, 6) is -4.48. The lowest BCUT2D eigenvalue weighted by atomic mass is 10.2. The molecule has 1 atom stereocenters. The van der Waals surface area contributed by atoms with Crippen LogP contribution in [0.3, 0.4) is 0 Å². The SMILES string of the molecule is OCC(O)CNc1cc(Br)cc(Cl)c1Oc1c(F)cc(C(F)(F)F)cc1F. The molecule has 0 aliphatic rings. The third kappa shape index (κ3) is 5.44. The third-order valence-corrected chi connectivity index (χ3v) is 4.02. The van der Waals surface area contributed by atoms with E-state index in [1.54, 1.807) is 0 Å². The van der Waals surface area contributed by atoms with Crippen molar-refractivity contribution in [3.05, 3.63) is 51.0 Å². The number of hydrogen-bond donors (Lipinski definition) is 3. The Kier molecular flexibility index (Phi) is 6.90. The second kappa shape index (κ2) is 8.59. The number of anilines is 1. The van der Waals surface area contributed by atoms with Crippen molar-refractivity contribution in [2.45, 2.75) is 12.3 Å². The number of ether oxygens (including phenoxy) is 1. The molecule has 0 heterocycles. The summed E-state index contributed by atoms with van der Waals surface area (Å²) in [5.41, 5.74) is -1.42. The zero-order valence-electron chi connectivity index (χ0n) is 13.2. The molecule has 0 saturated heterocycles. The van der Waals surface area contributed by atoms with E-state index < -0.39 is 41.8 Å². The van der Waals surface area contributed by atoms with Gasteiger partial charge in [-0.05, 0) is 24.3 Å². The molecule has 3 N–H and O–H groups in total. The molecule has 1 unspecified atom stereocenters. The van der Waals surface area contributed by atoms with Gasteiger partial charge in [0.1, 0.15) is 0 Å². The summed E-state index contributed by atoms with van der Waals surface area (Å²) in [6.45, 7) is -0.704. The number of alkyl halides is 3. The molecule has 0 bridgehead atoms. The summed E-state index contributed by atoms with van der Waals surface area (Å²) in [7, 11) is 0. The van der Waals surface area contributed by atoms with E-state index in [0.29, 0.717) is 4.47 Å². The van der Waals surface area contributed by atoms with Gasteiger partial charge >= 0.3 is 6.18 Å². The minimum atomic E-state index is -4.93. The Hall–Kier alpha value is -1.62. The number of hydrogen-bond acceptors (Lipinski definition) is 4. The smallest absolute Gasteiger partial charge is 0.416 e. The van der Waals surface area contributed by atoms with E-state index in [2.05, 4.69) is 21.2 Å². The van der Waals surface area contributed by atoms with Crippen LogP contribution in [0, 0.1) is 11.6 Å². The van der Waals surface area contributed by atoms with Gasteiger partial charge in [0.05, 0.1) is 29.0 Å². The van der Waals surface area contributed by atoms with Crippen molar-refractivity contribution >= 4 is 33.2 Å². The summed E-state index contributed by atoms with van der Waals surface area (Å²) >= 11 is 9.16. The van der Waals surface area contributed by atoms with Crippen LogP contribution in [0.4, 0.5) is 27.6 Å². The van der Waals surface area contributed by atoms with Gasteiger partial charge in [0.2, 0.25) is 0 Å². The average Bonchev–Trinajstić information content (AvgIpc) is 2.56. The molecule has 0 saturated carbocycles. The lowest BCUT2D eigenvalue weighted by Crippen LogP contribution is -2.23. The molecular weight excluding hydrogens is 465 g/mol. The molecule has 0 spiro atoms. The number of halogens is 7. The fourth-order valence-electron chi connectivity index (χ4n) is 2.01. The first-order valence-electron chi connectivity index (χ1n) is 7.29. The fourth-order valence-corrected chi connectivity index (χ4v) is 2.86. The first-order chi connectivity index (χ1) is 12.5. The van der Waals surface area contributed by atoms with Crippen molar-refractivity contribution in [1.29, 1.82) is 0 Å². The maximum absolute atomic E-state index is 14.0. The molecular formula is C16H12BrClF5NO3. The summed E-state index contributed by atoms with van der Waals surface area (Å²) in [6, 6.07) is 2.96. The van der Waals surface area contributed by atoms with Crippen LogP contribution in [-0.2, 0) is 6.18 Å². The molecule has 0 fully saturated rings. The Labute approximate surface area is 163 Å². The zero-order valence-corrected chi connectivity index (χ0v) is 15.6. The largest absolute Gasteiger partial charge is 0.447 e. The Morgan fingerprint density at radius 3 is 2.22 bits per heavy atom.